The molecule has 0 saturated carbocycles. The van der Waals surface area contributed by atoms with Crippen LogP contribution in [-0.4, -0.2) is 59.7 Å². The van der Waals surface area contributed by atoms with E-state index in [0.717, 1.165) is 55.5 Å². The van der Waals surface area contributed by atoms with Gasteiger partial charge in [0.05, 0.1) is 12.8 Å². The largest absolute Gasteiger partial charge is 0.495 e. The SMILES string of the molecule is COc1ccccc1N1CCN(CCCNS(=O)(=O)c2ccc(C)s2)CC1. The molecule has 0 bridgehead atoms. The van der Waals surface area contributed by atoms with E-state index in [1.807, 2.05) is 31.2 Å². The number of anilines is 1. The number of para-hydroxylation sites is 2. The van der Waals surface area contributed by atoms with Gasteiger partial charge in [-0.15, -0.1) is 11.3 Å². The van der Waals surface area contributed by atoms with Crippen molar-refractivity contribution in [1.29, 1.82) is 0 Å². The number of hydrogen-bond donors (Lipinski definition) is 1. The summed E-state index contributed by atoms with van der Waals surface area (Å²) in [5.41, 5.74) is 1.14. The summed E-state index contributed by atoms with van der Waals surface area (Å²) in [4.78, 5) is 5.73. The van der Waals surface area contributed by atoms with Gasteiger partial charge in [-0.1, -0.05) is 12.1 Å². The van der Waals surface area contributed by atoms with Gasteiger partial charge in [0.15, 0.2) is 0 Å². The molecule has 1 aromatic heterocycles. The maximum absolute atomic E-state index is 12.2. The topological polar surface area (TPSA) is 61.9 Å². The Kier molecular flexibility index (Phi) is 6.75. The molecule has 1 aromatic carbocycles. The first-order valence-electron chi connectivity index (χ1n) is 9.16. The molecule has 27 heavy (non-hydrogen) atoms. The lowest BCUT2D eigenvalue weighted by atomic mass is 10.2. The minimum atomic E-state index is -3.37. The summed E-state index contributed by atoms with van der Waals surface area (Å²) in [6, 6.07) is 11.6. The lowest BCUT2D eigenvalue weighted by Gasteiger charge is -2.36. The second kappa shape index (κ2) is 9.05. The second-order valence-corrected chi connectivity index (χ2v) is 9.90. The molecular weight excluding hydrogens is 382 g/mol. The highest BCUT2D eigenvalue weighted by Gasteiger charge is 2.20. The number of ether oxygens (including phenoxy) is 1. The number of aryl methyl sites for hydroxylation is 1. The molecule has 0 radical (unpaired) electrons. The average Bonchev–Trinajstić information content (AvgIpc) is 3.13. The Hall–Kier alpha value is -1.61. The monoisotopic (exact) mass is 409 g/mol. The molecule has 0 aliphatic carbocycles. The predicted octanol–water partition coefficient (Wildman–Crippen LogP) is 2.56. The number of sulfonamides is 1. The molecule has 0 atom stereocenters. The van der Waals surface area contributed by atoms with Gasteiger partial charge >= 0.3 is 0 Å². The average molecular weight is 410 g/mol. The molecule has 1 fully saturated rings. The highest BCUT2D eigenvalue weighted by molar-refractivity contribution is 7.91. The van der Waals surface area contributed by atoms with Crippen LogP contribution in [-0.2, 0) is 10.0 Å². The fourth-order valence-corrected chi connectivity index (χ4v) is 5.64. The van der Waals surface area contributed by atoms with Gasteiger partial charge < -0.3 is 9.64 Å². The first-order chi connectivity index (χ1) is 13.0. The van der Waals surface area contributed by atoms with E-state index in [9.17, 15) is 8.42 Å². The van der Waals surface area contributed by atoms with Crippen LogP contribution in [0.4, 0.5) is 5.69 Å². The second-order valence-electron chi connectivity index (χ2n) is 6.62. The smallest absolute Gasteiger partial charge is 0.250 e. The summed E-state index contributed by atoms with van der Waals surface area (Å²) in [6.07, 6.45) is 0.804. The van der Waals surface area contributed by atoms with Crippen LogP contribution in [0.15, 0.2) is 40.6 Å². The summed E-state index contributed by atoms with van der Waals surface area (Å²) in [6.45, 7) is 7.09. The third-order valence-corrected chi connectivity index (χ3v) is 7.68. The van der Waals surface area contributed by atoms with Crippen molar-refractivity contribution in [2.45, 2.75) is 17.6 Å². The fourth-order valence-electron chi connectivity index (χ4n) is 3.24. The summed E-state index contributed by atoms with van der Waals surface area (Å²) < 4.78 is 33.0. The van der Waals surface area contributed by atoms with Gasteiger partial charge in [-0.05, 0) is 44.2 Å². The maximum Gasteiger partial charge on any atom is 0.250 e. The van der Waals surface area contributed by atoms with E-state index < -0.39 is 10.0 Å². The zero-order valence-electron chi connectivity index (χ0n) is 15.8. The molecule has 0 spiro atoms. The molecular formula is C19H27N3O3S2. The van der Waals surface area contributed by atoms with E-state index in [1.54, 1.807) is 13.2 Å². The van der Waals surface area contributed by atoms with Crippen molar-refractivity contribution < 1.29 is 13.2 Å². The van der Waals surface area contributed by atoms with Gasteiger partial charge in [0.2, 0.25) is 10.0 Å². The van der Waals surface area contributed by atoms with Crippen LogP contribution in [0.25, 0.3) is 0 Å². The maximum atomic E-state index is 12.2. The highest BCUT2D eigenvalue weighted by atomic mass is 32.2. The normalized spacial score (nSPS) is 15.9. The Morgan fingerprint density at radius 2 is 1.85 bits per heavy atom. The number of methoxy groups -OCH3 is 1. The number of piperazine rings is 1. The number of rotatable bonds is 8. The summed E-state index contributed by atoms with van der Waals surface area (Å²) in [5, 5.41) is 0. The zero-order valence-corrected chi connectivity index (χ0v) is 17.5. The molecule has 0 amide bonds. The molecule has 0 unspecified atom stereocenters. The van der Waals surface area contributed by atoms with E-state index >= 15 is 0 Å². The van der Waals surface area contributed by atoms with Crippen LogP contribution < -0.4 is 14.4 Å². The van der Waals surface area contributed by atoms with Gasteiger partial charge in [-0.25, -0.2) is 13.1 Å². The van der Waals surface area contributed by atoms with Gasteiger partial charge in [0.25, 0.3) is 0 Å². The third-order valence-electron chi connectivity index (χ3n) is 4.72. The Labute approximate surface area is 165 Å². The molecule has 2 heterocycles. The van der Waals surface area contributed by atoms with E-state index in [0.29, 0.717) is 10.8 Å². The highest BCUT2D eigenvalue weighted by Crippen LogP contribution is 2.28. The van der Waals surface area contributed by atoms with Gasteiger partial charge in [-0.2, -0.15) is 0 Å². The summed E-state index contributed by atoms with van der Waals surface area (Å²) in [7, 11) is -1.67. The molecule has 1 saturated heterocycles. The molecule has 148 valence electrons. The number of hydrogen-bond acceptors (Lipinski definition) is 6. The Bertz CT molecular complexity index is 843. The quantitative estimate of drug-likeness (QED) is 0.679. The summed E-state index contributed by atoms with van der Waals surface area (Å²) >= 11 is 1.31. The Morgan fingerprint density at radius 3 is 2.52 bits per heavy atom. The van der Waals surface area contributed by atoms with Gasteiger partial charge in [-0.3, -0.25) is 4.90 Å². The molecule has 2 aromatic rings. The number of benzene rings is 1. The van der Waals surface area contributed by atoms with Crippen molar-refractivity contribution >= 4 is 27.0 Å². The summed E-state index contributed by atoms with van der Waals surface area (Å²) in [5.74, 6) is 0.907. The molecule has 1 aliphatic heterocycles. The van der Waals surface area contributed by atoms with Crippen LogP contribution in [0.3, 0.4) is 0 Å². The molecule has 6 nitrogen and oxygen atoms in total. The van der Waals surface area contributed by atoms with Gasteiger partial charge in [0.1, 0.15) is 9.96 Å². The standard InChI is InChI=1S/C19H27N3O3S2/c1-16-8-9-19(26-16)27(23,24)20-10-5-11-21-12-14-22(15-13-21)17-6-3-4-7-18(17)25-2/h3-4,6-9,20H,5,10-15H2,1-2H3. The predicted molar refractivity (Wildman–Crippen MR) is 111 cm³/mol. The minimum Gasteiger partial charge on any atom is -0.495 e. The van der Waals surface area contributed by atoms with Crippen LogP contribution in [0, 0.1) is 6.92 Å². The third kappa shape index (κ3) is 5.22. The van der Waals surface area contributed by atoms with Crippen LogP contribution in [0.2, 0.25) is 0 Å². The van der Waals surface area contributed by atoms with E-state index in [4.69, 9.17) is 4.74 Å². The Morgan fingerprint density at radius 1 is 1.11 bits per heavy atom. The van der Waals surface area contributed by atoms with Crippen molar-refractivity contribution in [1.82, 2.24) is 9.62 Å². The van der Waals surface area contributed by atoms with Crippen LogP contribution >= 0.6 is 11.3 Å². The molecule has 1 N–H and O–H groups in total. The number of nitrogens with one attached hydrogen (secondary N) is 1. The molecule has 3 rings (SSSR count). The van der Waals surface area contributed by atoms with Crippen LogP contribution in [0.5, 0.6) is 5.75 Å². The first kappa shape index (κ1) is 20.1. The lowest BCUT2D eigenvalue weighted by molar-refractivity contribution is 0.255. The van der Waals surface area contributed by atoms with E-state index in [-0.39, 0.29) is 0 Å². The molecule has 8 heteroatoms. The number of nitrogens with zero attached hydrogens (tertiary/aromatic N) is 2. The van der Waals surface area contributed by atoms with Gasteiger partial charge in [0, 0.05) is 37.6 Å². The van der Waals surface area contributed by atoms with E-state index in [1.165, 1.54) is 11.3 Å². The van der Waals surface area contributed by atoms with Crippen molar-refractivity contribution in [2.75, 3.05) is 51.3 Å². The van der Waals surface area contributed by atoms with Crippen LogP contribution in [0.1, 0.15) is 11.3 Å². The fraction of sp³-hybridized carbons (Fsp3) is 0.474. The number of thiophene rings is 1. The Balaban J connectivity index is 1.41. The van der Waals surface area contributed by atoms with Crippen molar-refractivity contribution in [2.24, 2.45) is 0 Å². The zero-order chi connectivity index (χ0) is 19.3. The van der Waals surface area contributed by atoms with Crippen molar-refractivity contribution in [3.05, 3.63) is 41.3 Å². The van der Waals surface area contributed by atoms with E-state index in [2.05, 4.69) is 20.6 Å². The lowest BCUT2D eigenvalue weighted by Crippen LogP contribution is -2.47. The van der Waals surface area contributed by atoms with Crippen molar-refractivity contribution in [3.63, 3.8) is 0 Å². The first-order valence-corrected chi connectivity index (χ1v) is 11.5. The molecule has 1 aliphatic rings. The van der Waals surface area contributed by atoms with Crippen molar-refractivity contribution in [3.8, 4) is 5.75 Å². The minimum absolute atomic E-state index is 0.394.